The lowest BCUT2D eigenvalue weighted by Crippen LogP contribution is -2.16. The maximum Gasteiger partial charge on any atom is 0.339 e. The van der Waals surface area contributed by atoms with E-state index in [0.29, 0.717) is 0 Å². The number of benzene rings is 1. The number of sulfonamides is 1. The fourth-order valence-corrected chi connectivity index (χ4v) is 2.52. The van der Waals surface area contributed by atoms with E-state index in [0.717, 1.165) is 6.07 Å². The third kappa shape index (κ3) is 3.68. The zero-order valence-electron chi connectivity index (χ0n) is 9.61. The van der Waals surface area contributed by atoms with Crippen molar-refractivity contribution >= 4 is 43.5 Å². The van der Waals surface area contributed by atoms with Crippen LogP contribution in [0.5, 0.6) is 0 Å². The first-order valence-electron chi connectivity index (χ1n) is 4.85. The minimum atomic E-state index is -3.92. The van der Waals surface area contributed by atoms with E-state index in [2.05, 4.69) is 15.9 Å². The summed E-state index contributed by atoms with van der Waals surface area (Å²) in [5.41, 5.74) is -0.0521. The summed E-state index contributed by atoms with van der Waals surface area (Å²) in [5, 5.41) is 5.08. The first-order valence-corrected chi connectivity index (χ1v) is 7.57. The van der Waals surface area contributed by atoms with Crippen LogP contribution >= 0.6 is 27.5 Å². The van der Waals surface area contributed by atoms with Crippen LogP contribution in [0.25, 0.3) is 0 Å². The quantitative estimate of drug-likeness (QED) is 0.842. The second kappa shape index (κ2) is 5.56. The van der Waals surface area contributed by atoms with Gasteiger partial charge in [0, 0.05) is 4.47 Å². The van der Waals surface area contributed by atoms with E-state index in [-0.39, 0.29) is 26.1 Å². The van der Waals surface area contributed by atoms with Gasteiger partial charge in [-0.25, -0.2) is 18.4 Å². The number of carbonyl (C=O) groups is 1. The summed E-state index contributed by atoms with van der Waals surface area (Å²) in [4.78, 5) is 11.5. The van der Waals surface area contributed by atoms with E-state index in [1.807, 2.05) is 0 Å². The van der Waals surface area contributed by atoms with Crippen LogP contribution in [0.1, 0.15) is 24.2 Å². The molecule has 0 amide bonds. The topological polar surface area (TPSA) is 86.5 Å². The number of ether oxygens (including phenoxy) is 1. The molecule has 0 heterocycles. The highest BCUT2D eigenvalue weighted by Crippen LogP contribution is 2.30. The summed E-state index contributed by atoms with van der Waals surface area (Å²) in [6.07, 6.45) is -0.342. The molecule has 0 aliphatic rings. The first kappa shape index (κ1) is 15.4. The minimum absolute atomic E-state index is 0.0521. The van der Waals surface area contributed by atoms with Gasteiger partial charge in [-0.2, -0.15) is 0 Å². The molecule has 100 valence electrons. The normalized spacial score (nSPS) is 11.7. The van der Waals surface area contributed by atoms with Crippen molar-refractivity contribution in [3.63, 3.8) is 0 Å². The van der Waals surface area contributed by atoms with Crippen LogP contribution in [-0.2, 0) is 14.8 Å². The molecule has 18 heavy (non-hydrogen) atoms. The number of primary sulfonamides is 1. The zero-order chi connectivity index (χ0) is 14.1. The summed E-state index contributed by atoms with van der Waals surface area (Å²) in [7, 11) is -3.92. The average molecular weight is 357 g/mol. The van der Waals surface area contributed by atoms with Gasteiger partial charge >= 0.3 is 5.97 Å². The van der Waals surface area contributed by atoms with E-state index in [9.17, 15) is 13.2 Å². The van der Waals surface area contributed by atoms with Crippen molar-refractivity contribution in [1.82, 2.24) is 0 Å². The van der Waals surface area contributed by atoms with Gasteiger partial charge < -0.3 is 4.74 Å². The molecule has 0 bridgehead atoms. The molecule has 0 aromatic heterocycles. The Morgan fingerprint density at radius 2 is 2.00 bits per heavy atom. The van der Waals surface area contributed by atoms with E-state index in [1.54, 1.807) is 13.8 Å². The fourth-order valence-electron chi connectivity index (χ4n) is 1.15. The second-order valence-corrected chi connectivity index (χ2v) is 6.56. The Hall–Kier alpha value is -0.630. The van der Waals surface area contributed by atoms with Gasteiger partial charge in [0.05, 0.1) is 21.6 Å². The smallest absolute Gasteiger partial charge is 0.339 e. The molecule has 1 aromatic rings. The van der Waals surface area contributed by atoms with Crippen LogP contribution in [0.2, 0.25) is 5.02 Å². The third-order valence-corrected chi connectivity index (χ3v) is 4.05. The second-order valence-electron chi connectivity index (χ2n) is 3.77. The molecular formula is C10H11BrClNO4S. The van der Waals surface area contributed by atoms with Crippen LogP contribution in [0.3, 0.4) is 0 Å². The SMILES string of the molecule is CC(C)OC(=O)c1cc(S(N)(=O)=O)cc(Br)c1Cl. The van der Waals surface area contributed by atoms with E-state index in [4.69, 9.17) is 21.5 Å². The van der Waals surface area contributed by atoms with Gasteiger partial charge in [0.1, 0.15) is 0 Å². The Balaban J connectivity index is 3.36. The van der Waals surface area contributed by atoms with Crippen molar-refractivity contribution < 1.29 is 17.9 Å². The van der Waals surface area contributed by atoms with Crippen molar-refractivity contribution in [2.75, 3.05) is 0 Å². The number of hydrogen-bond donors (Lipinski definition) is 1. The monoisotopic (exact) mass is 355 g/mol. The summed E-state index contributed by atoms with van der Waals surface area (Å²) in [5.74, 6) is -0.707. The van der Waals surface area contributed by atoms with Gasteiger partial charge in [-0.15, -0.1) is 0 Å². The zero-order valence-corrected chi connectivity index (χ0v) is 12.8. The molecule has 0 atom stereocenters. The molecule has 0 saturated carbocycles. The summed E-state index contributed by atoms with van der Waals surface area (Å²) >= 11 is 8.97. The van der Waals surface area contributed by atoms with E-state index >= 15 is 0 Å². The third-order valence-electron chi connectivity index (χ3n) is 1.89. The highest BCUT2D eigenvalue weighted by molar-refractivity contribution is 9.10. The minimum Gasteiger partial charge on any atom is -0.459 e. The van der Waals surface area contributed by atoms with E-state index in [1.165, 1.54) is 6.07 Å². The highest BCUT2D eigenvalue weighted by atomic mass is 79.9. The average Bonchev–Trinajstić information content (AvgIpc) is 2.18. The van der Waals surface area contributed by atoms with Crippen molar-refractivity contribution in [3.8, 4) is 0 Å². The van der Waals surface area contributed by atoms with Crippen molar-refractivity contribution in [2.24, 2.45) is 5.14 Å². The number of halogens is 2. The Labute approximate surface area is 118 Å². The van der Waals surface area contributed by atoms with Gasteiger partial charge in [0.2, 0.25) is 10.0 Å². The van der Waals surface area contributed by atoms with Crippen LogP contribution in [-0.4, -0.2) is 20.5 Å². The van der Waals surface area contributed by atoms with E-state index < -0.39 is 16.0 Å². The molecule has 1 rings (SSSR count). The molecule has 0 aliphatic carbocycles. The lowest BCUT2D eigenvalue weighted by Gasteiger charge is -2.11. The summed E-state index contributed by atoms with van der Waals surface area (Å²) in [6, 6.07) is 2.32. The molecule has 0 spiro atoms. The molecule has 1 aromatic carbocycles. The number of carbonyl (C=O) groups excluding carboxylic acids is 1. The van der Waals surface area contributed by atoms with Crippen LogP contribution in [0.4, 0.5) is 0 Å². The van der Waals surface area contributed by atoms with Crippen molar-refractivity contribution in [2.45, 2.75) is 24.8 Å². The lowest BCUT2D eigenvalue weighted by molar-refractivity contribution is 0.0378. The van der Waals surface area contributed by atoms with Gasteiger partial charge in [-0.1, -0.05) is 11.6 Å². The fraction of sp³-hybridized carbons (Fsp3) is 0.300. The molecule has 8 heteroatoms. The number of rotatable bonds is 3. The number of esters is 1. The summed E-state index contributed by atoms with van der Waals surface area (Å²) < 4.78 is 27.7. The molecular weight excluding hydrogens is 346 g/mol. The lowest BCUT2D eigenvalue weighted by atomic mass is 10.2. The molecule has 0 aliphatic heterocycles. The maximum absolute atomic E-state index is 11.7. The number of nitrogens with two attached hydrogens (primary N) is 1. The van der Waals surface area contributed by atoms with Gasteiger partial charge in [0.15, 0.2) is 0 Å². The van der Waals surface area contributed by atoms with Crippen LogP contribution in [0, 0.1) is 0 Å². The van der Waals surface area contributed by atoms with Crippen LogP contribution in [0.15, 0.2) is 21.5 Å². The molecule has 0 fully saturated rings. The predicted octanol–water partition coefficient (Wildman–Crippen LogP) is 2.32. The van der Waals surface area contributed by atoms with Crippen LogP contribution < -0.4 is 5.14 Å². The van der Waals surface area contributed by atoms with Gasteiger partial charge in [-0.05, 0) is 41.9 Å². The molecule has 0 saturated heterocycles. The highest BCUT2D eigenvalue weighted by Gasteiger charge is 2.20. The first-order chi connectivity index (χ1) is 8.12. The van der Waals surface area contributed by atoms with Gasteiger partial charge in [-0.3, -0.25) is 0 Å². The molecule has 2 N–H and O–H groups in total. The van der Waals surface area contributed by atoms with Crippen molar-refractivity contribution in [3.05, 3.63) is 27.2 Å². The molecule has 0 radical (unpaired) electrons. The van der Waals surface area contributed by atoms with Gasteiger partial charge in [0.25, 0.3) is 0 Å². The Morgan fingerprint density at radius 1 is 1.44 bits per heavy atom. The Bertz CT molecular complexity index is 586. The molecule has 0 unspecified atom stereocenters. The maximum atomic E-state index is 11.7. The standard InChI is InChI=1S/C10H11BrClNO4S/c1-5(2)17-10(14)7-3-6(18(13,15)16)4-8(11)9(7)12/h3-5H,1-2H3,(H2,13,15,16). The predicted molar refractivity (Wildman–Crippen MR) is 71.1 cm³/mol. The van der Waals surface area contributed by atoms with Crippen molar-refractivity contribution in [1.29, 1.82) is 0 Å². The Kier molecular flexibility index (Phi) is 4.77. The molecule has 5 nitrogen and oxygen atoms in total. The Morgan fingerprint density at radius 3 is 2.44 bits per heavy atom. The number of hydrogen-bond acceptors (Lipinski definition) is 4. The largest absolute Gasteiger partial charge is 0.459 e. The summed E-state index contributed by atoms with van der Waals surface area (Å²) in [6.45, 7) is 3.34.